The molecule has 0 saturated carbocycles. The van der Waals surface area contributed by atoms with Crippen molar-refractivity contribution in [2.75, 3.05) is 0 Å². The maximum atomic E-state index is 11.8. The number of aryl methyl sites for hydroxylation is 2. The largest absolute Gasteiger partial charge is 0.444 e. The zero-order chi connectivity index (χ0) is 17.2. The number of amides is 1. The smallest absolute Gasteiger partial charge is 0.408 e. The van der Waals surface area contributed by atoms with Gasteiger partial charge in [0.1, 0.15) is 11.6 Å². The molecule has 2 rings (SSSR count). The van der Waals surface area contributed by atoms with Gasteiger partial charge in [0.15, 0.2) is 0 Å². The van der Waals surface area contributed by atoms with E-state index < -0.39 is 17.7 Å². The van der Waals surface area contributed by atoms with Gasteiger partial charge in [-0.2, -0.15) is 10.1 Å². The van der Waals surface area contributed by atoms with Crippen molar-refractivity contribution in [1.82, 2.24) is 25.2 Å². The number of hydrogen-bond donors (Lipinski definition) is 1. The fourth-order valence-corrected chi connectivity index (χ4v) is 1.97. The Morgan fingerprint density at radius 3 is 2.74 bits per heavy atom. The third-order valence-electron chi connectivity index (χ3n) is 3.06. The van der Waals surface area contributed by atoms with E-state index in [9.17, 15) is 4.79 Å². The quantitative estimate of drug-likeness (QED) is 0.930. The predicted octanol–water partition coefficient (Wildman–Crippen LogP) is 2.85. The van der Waals surface area contributed by atoms with Gasteiger partial charge >= 0.3 is 6.09 Å². The summed E-state index contributed by atoms with van der Waals surface area (Å²) in [6, 6.07) is -0.451. The average Bonchev–Trinajstić information content (AvgIpc) is 3.02. The Labute approximate surface area is 135 Å². The molecule has 23 heavy (non-hydrogen) atoms. The van der Waals surface area contributed by atoms with Crippen molar-refractivity contribution in [3.8, 4) is 11.4 Å². The number of nitrogens with zero attached hydrogens (tertiary/aromatic N) is 4. The summed E-state index contributed by atoms with van der Waals surface area (Å²) in [5.41, 5.74) is 1.08. The highest BCUT2D eigenvalue weighted by Crippen LogP contribution is 2.21. The van der Waals surface area contributed by atoms with Crippen LogP contribution in [0, 0.1) is 6.92 Å². The van der Waals surface area contributed by atoms with Crippen molar-refractivity contribution in [1.29, 1.82) is 0 Å². The van der Waals surface area contributed by atoms with Gasteiger partial charge in [0.05, 0.1) is 11.3 Å². The lowest BCUT2D eigenvalue weighted by molar-refractivity contribution is 0.0499. The average molecular weight is 321 g/mol. The Balaban J connectivity index is 2.09. The standard InChI is InChI=1S/C15H23N5O3/c1-7-20-8-11(9(2)18-20)12-17-13(23-19-12)10(3)16-14(21)22-15(4,5)6/h8,10H,7H2,1-6H3,(H,16,21)/t10-/m1/s1. The zero-order valence-corrected chi connectivity index (χ0v) is 14.4. The van der Waals surface area contributed by atoms with Gasteiger partial charge in [-0.15, -0.1) is 0 Å². The normalized spacial score (nSPS) is 13.0. The number of carbonyl (C=O) groups is 1. The summed E-state index contributed by atoms with van der Waals surface area (Å²) in [4.78, 5) is 16.1. The number of hydrogen-bond acceptors (Lipinski definition) is 6. The van der Waals surface area contributed by atoms with Crippen molar-refractivity contribution in [3.63, 3.8) is 0 Å². The van der Waals surface area contributed by atoms with E-state index in [0.717, 1.165) is 17.8 Å². The number of ether oxygens (including phenoxy) is 1. The summed E-state index contributed by atoms with van der Waals surface area (Å²) in [7, 11) is 0. The topological polar surface area (TPSA) is 95.1 Å². The van der Waals surface area contributed by atoms with Crippen molar-refractivity contribution >= 4 is 6.09 Å². The number of nitrogens with one attached hydrogen (secondary N) is 1. The minimum Gasteiger partial charge on any atom is -0.444 e. The molecule has 2 heterocycles. The third kappa shape index (κ3) is 4.30. The number of aromatic nitrogens is 4. The van der Waals surface area contributed by atoms with Crippen LogP contribution in [0.15, 0.2) is 10.7 Å². The SMILES string of the molecule is CCn1cc(-c2noc([C@@H](C)NC(=O)OC(C)(C)C)n2)c(C)n1. The van der Waals surface area contributed by atoms with E-state index in [2.05, 4.69) is 20.6 Å². The Bertz CT molecular complexity index is 684. The van der Waals surface area contributed by atoms with Gasteiger partial charge in [0, 0.05) is 12.7 Å². The van der Waals surface area contributed by atoms with Crippen molar-refractivity contribution < 1.29 is 14.1 Å². The molecule has 0 bridgehead atoms. The minimum atomic E-state index is -0.560. The number of carbonyl (C=O) groups excluding carboxylic acids is 1. The molecule has 0 aliphatic carbocycles. The molecule has 0 fully saturated rings. The van der Waals surface area contributed by atoms with Crippen LogP contribution in [0.3, 0.4) is 0 Å². The number of rotatable bonds is 4. The molecule has 0 radical (unpaired) electrons. The molecule has 8 nitrogen and oxygen atoms in total. The number of alkyl carbamates (subject to hydrolysis) is 1. The van der Waals surface area contributed by atoms with Gasteiger partial charge in [-0.05, 0) is 41.5 Å². The van der Waals surface area contributed by atoms with Gasteiger partial charge in [-0.1, -0.05) is 5.16 Å². The van der Waals surface area contributed by atoms with Crippen molar-refractivity contribution in [2.24, 2.45) is 0 Å². The van der Waals surface area contributed by atoms with Crippen LogP contribution in [0.4, 0.5) is 4.79 Å². The molecule has 2 aromatic rings. The zero-order valence-electron chi connectivity index (χ0n) is 14.4. The van der Waals surface area contributed by atoms with Gasteiger partial charge in [0.25, 0.3) is 0 Å². The van der Waals surface area contributed by atoms with E-state index in [4.69, 9.17) is 9.26 Å². The molecule has 0 spiro atoms. The molecule has 2 aromatic heterocycles. The van der Waals surface area contributed by atoms with Crippen molar-refractivity contribution in [3.05, 3.63) is 17.8 Å². The molecule has 0 aliphatic rings. The highest BCUT2D eigenvalue weighted by Gasteiger charge is 2.22. The molecular formula is C15H23N5O3. The first-order valence-corrected chi connectivity index (χ1v) is 7.57. The van der Waals surface area contributed by atoms with Crippen LogP contribution < -0.4 is 5.32 Å². The van der Waals surface area contributed by atoms with Crippen LogP contribution >= 0.6 is 0 Å². The Kier molecular flexibility index (Phi) is 4.72. The summed E-state index contributed by atoms with van der Waals surface area (Å²) < 4.78 is 12.3. The molecule has 0 aliphatic heterocycles. The summed E-state index contributed by atoms with van der Waals surface area (Å²) in [5.74, 6) is 0.768. The van der Waals surface area contributed by atoms with Crippen LogP contribution in [0.25, 0.3) is 11.4 Å². The second-order valence-electron chi connectivity index (χ2n) is 6.31. The second kappa shape index (κ2) is 6.39. The van der Waals surface area contributed by atoms with Crippen LogP contribution in [0.5, 0.6) is 0 Å². The highest BCUT2D eigenvalue weighted by atomic mass is 16.6. The van der Waals surface area contributed by atoms with E-state index in [-0.39, 0.29) is 0 Å². The van der Waals surface area contributed by atoms with Gasteiger partial charge in [0.2, 0.25) is 11.7 Å². The first-order valence-electron chi connectivity index (χ1n) is 7.57. The van der Waals surface area contributed by atoms with Gasteiger partial charge < -0.3 is 14.6 Å². The third-order valence-corrected chi connectivity index (χ3v) is 3.06. The van der Waals surface area contributed by atoms with E-state index in [1.54, 1.807) is 27.7 Å². The van der Waals surface area contributed by atoms with E-state index >= 15 is 0 Å². The summed E-state index contributed by atoms with van der Waals surface area (Å²) in [6.45, 7) is 11.8. The minimum absolute atomic E-state index is 0.314. The molecule has 0 aromatic carbocycles. The second-order valence-corrected chi connectivity index (χ2v) is 6.31. The lowest BCUT2D eigenvalue weighted by Gasteiger charge is -2.20. The fraction of sp³-hybridized carbons (Fsp3) is 0.600. The van der Waals surface area contributed by atoms with Crippen LogP contribution in [0.1, 0.15) is 52.2 Å². The molecule has 1 amide bonds. The van der Waals surface area contributed by atoms with Crippen molar-refractivity contribution in [2.45, 2.75) is 59.7 Å². The Hall–Kier alpha value is -2.38. The first kappa shape index (κ1) is 17.0. The van der Waals surface area contributed by atoms with Crippen LogP contribution in [-0.4, -0.2) is 31.6 Å². The molecule has 126 valence electrons. The molecule has 0 unspecified atom stereocenters. The molecule has 0 saturated heterocycles. The summed E-state index contributed by atoms with van der Waals surface area (Å²) >= 11 is 0. The van der Waals surface area contributed by atoms with E-state index in [0.29, 0.717) is 11.7 Å². The summed E-state index contributed by atoms with van der Waals surface area (Å²) in [5, 5.41) is 11.0. The molecular weight excluding hydrogens is 298 g/mol. The predicted molar refractivity (Wildman–Crippen MR) is 83.7 cm³/mol. The van der Waals surface area contributed by atoms with Crippen LogP contribution in [-0.2, 0) is 11.3 Å². The van der Waals surface area contributed by atoms with Crippen LogP contribution in [0.2, 0.25) is 0 Å². The Morgan fingerprint density at radius 1 is 1.48 bits per heavy atom. The monoisotopic (exact) mass is 321 g/mol. The maximum Gasteiger partial charge on any atom is 0.408 e. The molecule has 1 atom stereocenters. The van der Waals surface area contributed by atoms with Gasteiger partial charge in [-0.3, -0.25) is 4.68 Å². The molecule has 1 N–H and O–H groups in total. The van der Waals surface area contributed by atoms with Gasteiger partial charge in [-0.25, -0.2) is 4.79 Å². The Morgan fingerprint density at radius 2 is 2.17 bits per heavy atom. The van der Waals surface area contributed by atoms with E-state index in [1.807, 2.05) is 24.7 Å². The molecule has 8 heteroatoms. The fourth-order valence-electron chi connectivity index (χ4n) is 1.97. The van der Waals surface area contributed by atoms with E-state index in [1.165, 1.54) is 0 Å². The first-order chi connectivity index (χ1) is 10.7. The lowest BCUT2D eigenvalue weighted by Crippen LogP contribution is -2.34. The highest BCUT2D eigenvalue weighted by molar-refractivity contribution is 5.68. The summed E-state index contributed by atoms with van der Waals surface area (Å²) in [6.07, 6.45) is 1.34. The lowest BCUT2D eigenvalue weighted by atomic mass is 10.2. The maximum absolute atomic E-state index is 11.8.